The van der Waals surface area contributed by atoms with Gasteiger partial charge in [0.25, 0.3) is 5.91 Å². The fourth-order valence-electron chi connectivity index (χ4n) is 1.92. The van der Waals surface area contributed by atoms with Crippen LogP contribution >= 0.6 is 0 Å². The van der Waals surface area contributed by atoms with E-state index in [1.54, 1.807) is 7.11 Å². The van der Waals surface area contributed by atoms with E-state index in [1.165, 1.54) is 19.2 Å². The third-order valence-electron chi connectivity index (χ3n) is 2.99. The number of hydrogen-bond donors (Lipinski definition) is 1. The molecule has 0 radical (unpaired) electrons. The largest absolute Gasteiger partial charge is 0.497 e. The van der Waals surface area contributed by atoms with Crippen LogP contribution in [-0.4, -0.2) is 20.1 Å². The molecule has 0 aliphatic rings. The fraction of sp³-hybridized carbons (Fsp3) is 0.188. The molecule has 0 spiro atoms. The molecule has 0 bridgehead atoms. The highest BCUT2D eigenvalue weighted by Crippen LogP contribution is 2.19. The number of methoxy groups -OCH3 is 2. The van der Waals surface area contributed by atoms with Crippen LogP contribution < -0.4 is 14.8 Å². The smallest absolute Gasteiger partial charge is 0.255 e. The van der Waals surface area contributed by atoms with Gasteiger partial charge < -0.3 is 14.8 Å². The second-order valence-electron chi connectivity index (χ2n) is 4.38. The van der Waals surface area contributed by atoms with Crippen molar-refractivity contribution >= 4 is 5.91 Å². The zero-order valence-corrected chi connectivity index (χ0v) is 11.9. The molecular weight excluding hydrogens is 273 g/mol. The summed E-state index contributed by atoms with van der Waals surface area (Å²) in [5.74, 6) is 0.168. The third-order valence-corrected chi connectivity index (χ3v) is 2.99. The van der Waals surface area contributed by atoms with Crippen LogP contribution in [0, 0.1) is 5.82 Å². The molecule has 0 fully saturated rings. The van der Waals surface area contributed by atoms with Gasteiger partial charge in [0, 0.05) is 6.54 Å². The summed E-state index contributed by atoms with van der Waals surface area (Å²) in [6, 6.07) is 11.2. The summed E-state index contributed by atoms with van der Waals surface area (Å²) < 4.78 is 23.4. The summed E-state index contributed by atoms with van der Waals surface area (Å²) in [6.45, 7) is 0.315. The first kappa shape index (κ1) is 14.8. The van der Waals surface area contributed by atoms with E-state index in [2.05, 4.69) is 5.32 Å². The molecule has 0 aliphatic carbocycles. The molecule has 5 heteroatoms. The predicted octanol–water partition coefficient (Wildman–Crippen LogP) is 2.77. The Morgan fingerprint density at radius 2 is 1.95 bits per heavy atom. The van der Waals surface area contributed by atoms with E-state index >= 15 is 0 Å². The van der Waals surface area contributed by atoms with E-state index in [4.69, 9.17) is 9.47 Å². The van der Waals surface area contributed by atoms with Gasteiger partial charge in [0.2, 0.25) is 0 Å². The lowest BCUT2D eigenvalue weighted by Gasteiger charge is -2.10. The van der Waals surface area contributed by atoms with E-state index in [0.29, 0.717) is 18.0 Å². The average Bonchev–Trinajstić information content (AvgIpc) is 2.52. The lowest BCUT2D eigenvalue weighted by molar-refractivity contribution is 0.0947. The van der Waals surface area contributed by atoms with E-state index < -0.39 is 11.7 Å². The molecule has 0 unspecified atom stereocenters. The topological polar surface area (TPSA) is 47.6 Å². The first-order valence-electron chi connectivity index (χ1n) is 6.38. The first-order chi connectivity index (χ1) is 10.1. The minimum absolute atomic E-state index is 0.167. The van der Waals surface area contributed by atoms with Gasteiger partial charge in [-0.15, -0.1) is 0 Å². The number of carbonyl (C=O) groups is 1. The van der Waals surface area contributed by atoms with E-state index in [-0.39, 0.29) is 5.56 Å². The SMILES string of the molecule is COc1cccc(CNC(=O)c2cc(F)ccc2OC)c1. The average molecular weight is 289 g/mol. The number of benzene rings is 2. The molecular formula is C16H16FNO3. The van der Waals surface area contributed by atoms with Crippen molar-refractivity contribution in [2.75, 3.05) is 14.2 Å². The Hall–Kier alpha value is -2.56. The van der Waals surface area contributed by atoms with Crippen LogP contribution in [0.2, 0.25) is 0 Å². The van der Waals surface area contributed by atoms with Crippen LogP contribution in [0.1, 0.15) is 15.9 Å². The van der Waals surface area contributed by atoms with Gasteiger partial charge in [-0.1, -0.05) is 12.1 Å². The molecule has 21 heavy (non-hydrogen) atoms. The van der Waals surface area contributed by atoms with Crippen molar-refractivity contribution in [2.45, 2.75) is 6.54 Å². The summed E-state index contributed by atoms with van der Waals surface area (Å²) in [5.41, 5.74) is 1.05. The Morgan fingerprint density at radius 1 is 1.14 bits per heavy atom. The second-order valence-corrected chi connectivity index (χ2v) is 4.38. The molecule has 0 saturated heterocycles. The molecule has 0 aliphatic heterocycles. The molecule has 0 heterocycles. The summed E-state index contributed by atoms with van der Waals surface area (Å²) in [6.07, 6.45) is 0. The van der Waals surface area contributed by atoms with E-state index in [1.807, 2.05) is 24.3 Å². The fourth-order valence-corrected chi connectivity index (χ4v) is 1.92. The van der Waals surface area contributed by atoms with Gasteiger partial charge >= 0.3 is 0 Å². The molecule has 1 amide bonds. The number of halogens is 1. The van der Waals surface area contributed by atoms with Crippen molar-refractivity contribution in [3.63, 3.8) is 0 Å². The lowest BCUT2D eigenvalue weighted by Crippen LogP contribution is -2.23. The minimum atomic E-state index is -0.484. The summed E-state index contributed by atoms with van der Waals surface area (Å²) >= 11 is 0. The highest BCUT2D eigenvalue weighted by molar-refractivity contribution is 5.96. The molecule has 1 N–H and O–H groups in total. The molecule has 2 aromatic carbocycles. The Balaban J connectivity index is 2.09. The zero-order valence-electron chi connectivity index (χ0n) is 11.9. The Bertz CT molecular complexity index is 643. The van der Waals surface area contributed by atoms with Crippen LogP contribution in [-0.2, 0) is 6.54 Å². The normalized spacial score (nSPS) is 10.0. The van der Waals surface area contributed by atoms with Gasteiger partial charge in [0.05, 0.1) is 19.8 Å². The highest BCUT2D eigenvalue weighted by atomic mass is 19.1. The molecule has 0 saturated carbocycles. The van der Waals surface area contributed by atoms with Crippen LogP contribution in [0.3, 0.4) is 0 Å². The van der Waals surface area contributed by atoms with Crippen molar-refractivity contribution in [1.82, 2.24) is 5.32 Å². The number of amides is 1. The van der Waals surface area contributed by atoms with Crippen molar-refractivity contribution in [2.24, 2.45) is 0 Å². The van der Waals surface area contributed by atoms with Crippen LogP contribution in [0.5, 0.6) is 11.5 Å². The van der Waals surface area contributed by atoms with Gasteiger partial charge in [0.15, 0.2) is 0 Å². The van der Waals surface area contributed by atoms with Gasteiger partial charge in [-0.3, -0.25) is 4.79 Å². The Labute approximate surface area is 122 Å². The maximum atomic E-state index is 13.3. The minimum Gasteiger partial charge on any atom is -0.497 e. The van der Waals surface area contributed by atoms with Gasteiger partial charge in [-0.05, 0) is 35.9 Å². The zero-order chi connectivity index (χ0) is 15.2. The molecule has 4 nitrogen and oxygen atoms in total. The quantitative estimate of drug-likeness (QED) is 0.920. The summed E-state index contributed by atoms with van der Waals surface area (Å²) in [7, 11) is 3.02. The van der Waals surface area contributed by atoms with E-state index in [9.17, 15) is 9.18 Å². The Kier molecular flexibility index (Phi) is 4.77. The number of carbonyl (C=O) groups excluding carboxylic acids is 1. The third kappa shape index (κ3) is 3.72. The van der Waals surface area contributed by atoms with Crippen LogP contribution in [0.4, 0.5) is 4.39 Å². The molecule has 2 rings (SSSR count). The molecule has 0 aromatic heterocycles. The highest BCUT2D eigenvalue weighted by Gasteiger charge is 2.13. The summed E-state index contributed by atoms with van der Waals surface area (Å²) in [5, 5.41) is 2.73. The van der Waals surface area contributed by atoms with Crippen LogP contribution in [0.15, 0.2) is 42.5 Å². The van der Waals surface area contributed by atoms with Crippen molar-refractivity contribution in [1.29, 1.82) is 0 Å². The van der Waals surface area contributed by atoms with E-state index in [0.717, 1.165) is 11.6 Å². The number of nitrogens with one attached hydrogen (secondary N) is 1. The maximum Gasteiger partial charge on any atom is 0.255 e. The number of ether oxygens (including phenoxy) is 2. The van der Waals surface area contributed by atoms with Gasteiger partial charge in [-0.25, -0.2) is 4.39 Å². The maximum absolute atomic E-state index is 13.3. The van der Waals surface area contributed by atoms with Gasteiger partial charge in [0.1, 0.15) is 17.3 Å². The first-order valence-corrected chi connectivity index (χ1v) is 6.38. The Morgan fingerprint density at radius 3 is 2.67 bits per heavy atom. The standard InChI is InChI=1S/C16H16FNO3/c1-20-13-5-3-4-11(8-13)10-18-16(19)14-9-12(17)6-7-15(14)21-2/h3-9H,10H2,1-2H3,(H,18,19). The summed E-state index contributed by atoms with van der Waals surface area (Å²) in [4.78, 5) is 12.1. The second kappa shape index (κ2) is 6.74. The van der Waals surface area contributed by atoms with Crippen molar-refractivity contribution < 1.29 is 18.7 Å². The molecule has 110 valence electrons. The number of rotatable bonds is 5. The number of hydrogen-bond acceptors (Lipinski definition) is 3. The van der Waals surface area contributed by atoms with Crippen molar-refractivity contribution in [3.8, 4) is 11.5 Å². The monoisotopic (exact) mass is 289 g/mol. The van der Waals surface area contributed by atoms with Gasteiger partial charge in [-0.2, -0.15) is 0 Å². The molecule has 2 aromatic rings. The lowest BCUT2D eigenvalue weighted by atomic mass is 10.1. The molecule has 0 atom stereocenters. The van der Waals surface area contributed by atoms with Crippen LogP contribution in [0.25, 0.3) is 0 Å². The predicted molar refractivity (Wildman–Crippen MR) is 77.1 cm³/mol. The van der Waals surface area contributed by atoms with Crippen molar-refractivity contribution in [3.05, 3.63) is 59.4 Å².